The molecule has 0 unspecified atom stereocenters. The topological polar surface area (TPSA) is 78.1 Å². The number of aromatic carboxylic acids is 1. The Hall–Kier alpha value is -3.78. The summed E-state index contributed by atoms with van der Waals surface area (Å²) in [4.78, 5) is 32.5. The number of hydrogen-bond donors (Lipinski definition) is 1. The van der Waals surface area contributed by atoms with E-state index in [4.69, 9.17) is 5.11 Å². The molecule has 0 aliphatic carbocycles. The number of nitrogens with zero attached hydrogens (tertiary/aromatic N) is 4. The van der Waals surface area contributed by atoms with Crippen molar-refractivity contribution in [2.75, 3.05) is 26.0 Å². The summed E-state index contributed by atoms with van der Waals surface area (Å²) in [5.41, 5.74) is 3.78. The van der Waals surface area contributed by atoms with Crippen LogP contribution in [-0.4, -0.2) is 52.8 Å². The van der Waals surface area contributed by atoms with Crippen molar-refractivity contribution < 1.29 is 14.7 Å². The number of amides is 1. The molecule has 1 fully saturated rings. The number of thioether (sulfide) groups is 1. The van der Waals surface area contributed by atoms with E-state index in [9.17, 15) is 9.59 Å². The molecule has 1 amide bonds. The third kappa shape index (κ3) is 4.31. The lowest BCUT2D eigenvalue weighted by molar-refractivity contribution is -0.121. The lowest BCUT2D eigenvalue weighted by Gasteiger charge is -2.13. The highest BCUT2D eigenvalue weighted by molar-refractivity contribution is 8.18. The van der Waals surface area contributed by atoms with Gasteiger partial charge in [-0.15, -0.1) is 0 Å². The first-order chi connectivity index (χ1) is 15.3. The monoisotopic (exact) mass is 446 g/mol. The van der Waals surface area contributed by atoms with Gasteiger partial charge in [-0.05, 0) is 78.5 Å². The van der Waals surface area contributed by atoms with Gasteiger partial charge in [0.05, 0.1) is 16.2 Å². The van der Waals surface area contributed by atoms with Gasteiger partial charge in [0.2, 0.25) is 0 Å². The molecule has 0 atom stereocenters. The summed E-state index contributed by atoms with van der Waals surface area (Å²) >= 11 is 1.29. The van der Waals surface area contributed by atoms with Crippen LogP contribution in [0.5, 0.6) is 0 Å². The van der Waals surface area contributed by atoms with Crippen LogP contribution in [0, 0.1) is 0 Å². The van der Waals surface area contributed by atoms with E-state index in [-0.39, 0.29) is 11.5 Å². The van der Waals surface area contributed by atoms with Crippen LogP contribution in [0.2, 0.25) is 0 Å². The van der Waals surface area contributed by atoms with Gasteiger partial charge < -0.3 is 14.6 Å². The van der Waals surface area contributed by atoms with Gasteiger partial charge in [-0.3, -0.25) is 9.69 Å². The Morgan fingerprint density at radius 1 is 1.06 bits per heavy atom. The van der Waals surface area contributed by atoms with Gasteiger partial charge in [0.15, 0.2) is 5.17 Å². The predicted octanol–water partition coefficient (Wildman–Crippen LogP) is 4.48. The number of amidine groups is 1. The van der Waals surface area contributed by atoms with E-state index in [0.29, 0.717) is 15.8 Å². The third-order valence-corrected chi connectivity index (χ3v) is 6.11. The zero-order valence-corrected chi connectivity index (χ0v) is 18.7. The minimum Gasteiger partial charge on any atom is -0.478 e. The molecule has 0 radical (unpaired) electrons. The van der Waals surface area contributed by atoms with Crippen molar-refractivity contribution in [1.82, 2.24) is 9.47 Å². The fraction of sp³-hybridized carbons (Fsp3) is 0.125. The van der Waals surface area contributed by atoms with Crippen molar-refractivity contribution in [3.63, 3.8) is 0 Å². The second-order valence-corrected chi connectivity index (χ2v) is 8.44. The Morgan fingerprint density at radius 3 is 2.38 bits per heavy atom. The molecule has 4 rings (SSSR count). The number of carbonyl (C=O) groups is 2. The molecule has 7 nitrogen and oxygen atoms in total. The van der Waals surface area contributed by atoms with Crippen LogP contribution < -0.4 is 4.90 Å². The van der Waals surface area contributed by atoms with E-state index < -0.39 is 5.97 Å². The first kappa shape index (κ1) is 21.5. The molecule has 0 spiro atoms. The van der Waals surface area contributed by atoms with Crippen LogP contribution in [0.4, 0.5) is 11.4 Å². The molecular formula is C24H22N4O3S. The Bertz CT molecular complexity index is 1220. The van der Waals surface area contributed by atoms with Crippen LogP contribution in [-0.2, 0) is 4.79 Å². The largest absolute Gasteiger partial charge is 0.478 e. The quantitative estimate of drug-likeness (QED) is 0.585. The Labute approximate surface area is 190 Å². The molecule has 1 N–H and O–H groups in total. The Morgan fingerprint density at radius 2 is 1.75 bits per heavy atom. The second kappa shape index (κ2) is 8.76. The van der Waals surface area contributed by atoms with E-state index >= 15 is 0 Å². The first-order valence-corrected chi connectivity index (χ1v) is 10.7. The van der Waals surface area contributed by atoms with Crippen LogP contribution in [0.1, 0.15) is 16.1 Å². The SMILES string of the molecule is CN1C(=O)/C(=C/c2cccn2-c2ccc(N(C)C)cc2)SC1=Nc1ccc(C(=O)O)cc1. The maximum absolute atomic E-state index is 12.8. The Kier molecular flexibility index (Phi) is 5.87. The summed E-state index contributed by atoms with van der Waals surface area (Å²) in [7, 11) is 5.68. The molecule has 162 valence electrons. The Balaban J connectivity index is 1.60. The number of rotatable bonds is 5. The van der Waals surface area contributed by atoms with Crippen LogP contribution in [0.15, 0.2) is 76.8 Å². The highest BCUT2D eigenvalue weighted by Crippen LogP contribution is 2.33. The second-order valence-electron chi connectivity index (χ2n) is 7.44. The van der Waals surface area contributed by atoms with E-state index in [0.717, 1.165) is 17.1 Å². The molecule has 1 saturated heterocycles. The summed E-state index contributed by atoms with van der Waals surface area (Å²) in [6.45, 7) is 0. The van der Waals surface area contributed by atoms with Crippen molar-refractivity contribution in [3.8, 4) is 5.69 Å². The number of hydrogen-bond acceptors (Lipinski definition) is 5. The van der Waals surface area contributed by atoms with Crippen molar-refractivity contribution in [1.29, 1.82) is 0 Å². The fourth-order valence-corrected chi connectivity index (χ4v) is 4.20. The standard InChI is InChI=1S/C24H22N4O3S/c1-26(2)18-10-12-19(13-11-18)28-14-4-5-20(28)15-21-22(29)27(3)24(32-21)25-17-8-6-16(7-9-17)23(30)31/h4-15H,1-3H3,(H,30,31)/b21-15-,25-24?. The molecule has 2 aromatic carbocycles. The van der Waals surface area contributed by atoms with Crippen molar-refractivity contribution >= 4 is 46.3 Å². The minimum atomic E-state index is -0.990. The van der Waals surface area contributed by atoms with Gasteiger partial charge in [0.1, 0.15) is 0 Å². The van der Waals surface area contributed by atoms with Crippen LogP contribution in [0.3, 0.4) is 0 Å². The molecule has 1 aromatic heterocycles. The van der Waals surface area contributed by atoms with Crippen LogP contribution >= 0.6 is 11.8 Å². The highest BCUT2D eigenvalue weighted by Gasteiger charge is 2.30. The number of carboxylic acid groups (broad SMARTS) is 1. The zero-order chi connectivity index (χ0) is 22.8. The van der Waals surface area contributed by atoms with E-state index in [2.05, 4.69) is 17.1 Å². The van der Waals surface area contributed by atoms with E-state index in [1.165, 1.54) is 28.8 Å². The number of anilines is 1. The van der Waals surface area contributed by atoms with Gasteiger partial charge in [-0.25, -0.2) is 9.79 Å². The first-order valence-electron chi connectivity index (χ1n) is 9.88. The lowest BCUT2D eigenvalue weighted by atomic mass is 10.2. The summed E-state index contributed by atoms with van der Waals surface area (Å²) in [6.07, 6.45) is 3.82. The minimum absolute atomic E-state index is 0.133. The highest BCUT2D eigenvalue weighted by atomic mass is 32.2. The lowest BCUT2D eigenvalue weighted by Crippen LogP contribution is -2.23. The zero-order valence-electron chi connectivity index (χ0n) is 17.9. The maximum Gasteiger partial charge on any atom is 0.335 e. The van der Waals surface area contributed by atoms with Gasteiger partial charge in [0, 0.05) is 44.4 Å². The van der Waals surface area contributed by atoms with Gasteiger partial charge in [-0.1, -0.05) is 0 Å². The average molecular weight is 447 g/mol. The number of aromatic nitrogens is 1. The van der Waals surface area contributed by atoms with Crippen LogP contribution in [0.25, 0.3) is 11.8 Å². The molecule has 0 bridgehead atoms. The van der Waals surface area contributed by atoms with Gasteiger partial charge in [-0.2, -0.15) is 0 Å². The van der Waals surface area contributed by atoms with Gasteiger partial charge in [0.25, 0.3) is 5.91 Å². The fourth-order valence-electron chi connectivity index (χ4n) is 3.23. The molecule has 3 aromatic rings. The number of benzene rings is 2. The summed E-state index contributed by atoms with van der Waals surface area (Å²) in [5.74, 6) is -1.12. The third-order valence-electron chi connectivity index (χ3n) is 5.05. The van der Waals surface area contributed by atoms with Crippen molar-refractivity contribution in [2.24, 2.45) is 4.99 Å². The average Bonchev–Trinajstić information content (AvgIpc) is 3.35. The van der Waals surface area contributed by atoms with E-state index in [1.54, 1.807) is 19.2 Å². The molecule has 0 saturated carbocycles. The molecular weight excluding hydrogens is 424 g/mol. The predicted molar refractivity (Wildman–Crippen MR) is 129 cm³/mol. The normalized spacial score (nSPS) is 16.2. The van der Waals surface area contributed by atoms with Crippen molar-refractivity contribution in [3.05, 3.63) is 83.0 Å². The number of carbonyl (C=O) groups excluding carboxylic acids is 1. The molecule has 8 heteroatoms. The number of likely N-dealkylation sites (N-methyl/N-ethyl adjacent to an activating group) is 1. The molecule has 32 heavy (non-hydrogen) atoms. The maximum atomic E-state index is 12.8. The van der Waals surface area contributed by atoms with E-state index in [1.807, 2.05) is 60.1 Å². The summed E-state index contributed by atoms with van der Waals surface area (Å²) in [5, 5.41) is 9.57. The molecule has 1 aliphatic rings. The number of aliphatic imine (C=N–C) groups is 1. The molecule has 2 heterocycles. The summed E-state index contributed by atoms with van der Waals surface area (Å²) < 4.78 is 2.03. The summed E-state index contributed by atoms with van der Waals surface area (Å²) in [6, 6.07) is 18.3. The number of carboxylic acids is 1. The van der Waals surface area contributed by atoms with Gasteiger partial charge >= 0.3 is 5.97 Å². The smallest absolute Gasteiger partial charge is 0.335 e. The molecule has 1 aliphatic heterocycles. The van der Waals surface area contributed by atoms with Crippen molar-refractivity contribution in [2.45, 2.75) is 0 Å².